The molecule has 1 aromatic carbocycles. The van der Waals surface area contributed by atoms with Gasteiger partial charge in [-0.25, -0.2) is 4.79 Å². The predicted octanol–water partition coefficient (Wildman–Crippen LogP) is 2.47. The Balaban J connectivity index is 2.09. The van der Waals surface area contributed by atoms with E-state index in [1.54, 1.807) is 6.07 Å². The number of carbonyl (C=O) groups excluding carboxylic acids is 2. The van der Waals surface area contributed by atoms with Crippen molar-refractivity contribution in [2.75, 3.05) is 6.61 Å². The van der Waals surface area contributed by atoms with Gasteiger partial charge < -0.3 is 9.15 Å². The minimum Gasteiger partial charge on any atom is -0.461 e. The molecule has 3 rings (SSSR count). The third-order valence-electron chi connectivity index (χ3n) is 2.95. The molecule has 1 aliphatic heterocycles. The summed E-state index contributed by atoms with van der Waals surface area (Å²) in [6.07, 6.45) is 1.40. The molecule has 2 heterocycles. The van der Waals surface area contributed by atoms with Gasteiger partial charge in [-0.2, -0.15) is 0 Å². The van der Waals surface area contributed by atoms with Crippen LogP contribution in [-0.2, 0) is 9.53 Å². The van der Waals surface area contributed by atoms with Gasteiger partial charge in [-0.3, -0.25) is 4.79 Å². The summed E-state index contributed by atoms with van der Waals surface area (Å²) in [5.74, 6) is -0.895. The summed E-state index contributed by atoms with van der Waals surface area (Å²) < 4.78 is 10.0. The highest BCUT2D eigenvalue weighted by Gasteiger charge is 2.33. The van der Waals surface area contributed by atoms with Crippen molar-refractivity contribution in [1.29, 1.82) is 0 Å². The van der Waals surface area contributed by atoms with Crippen molar-refractivity contribution in [2.24, 2.45) is 0 Å². The van der Waals surface area contributed by atoms with Crippen molar-refractivity contribution in [3.05, 3.63) is 65.6 Å². The number of hydrogen-bond donors (Lipinski definition) is 0. The van der Waals surface area contributed by atoms with E-state index in [1.165, 1.54) is 12.3 Å². The summed E-state index contributed by atoms with van der Waals surface area (Å²) in [5, 5.41) is 0. The molecule has 2 aromatic rings. The highest BCUT2D eigenvalue weighted by Crippen LogP contribution is 2.28. The van der Waals surface area contributed by atoms with E-state index >= 15 is 0 Å². The number of benzene rings is 1. The highest BCUT2D eigenvalue weighted by molar-refractivity contribution is 6.29. The molecule has 0 fully saturated rings. The maximum atomic E-state index is 12.2. The molecular formula is C15H10O4. The van der Waals surface area contributed by atoms with Crippen molar-refractivity contribution in [2.45, 2.75) is 0 Å². The molecule has 0 amide bonds. The lowest BCUT2D eigenvalue weighted by atomic mass is 9.98. The second-order valence-electron chi connectivity index (χ2n) is 4.10. The lowest BCUT2D eigenvalue weighted by Gasteiger charge is -2.01. The molecule has 1 aromatic heterocycles. The normalized spacial score (nSPS) is 14.6. The molecule has 4 heteroatoms. The molecule has 0 radical (unpaired) electrons. The molecule has 0 bridgehead atoms. The standard InChI is InChI=1S/C15H10O4/c16-14(12-7-4-8-18-12)13-11(9-19-15(13)17)10-5-2-1-3-6-10/h1-8H,9H2. The van der Waals surface area contributed by atoms with Crippen LogP contribution < -0.4 is 0 Å². The monoisotopic (exact) mass is 254 g/mol. The van der Waals surface area contributed by atoms with Gasteiger partial charge in [0, 0.05) is 5.57 Å². The van der Waals surface area contributed by atoms with E-state index in [1.807, 2.05) is 30.3 Å². The van der Waals surface area contributed by atoms with Gasteiger partial charge in [0.2, 0.25) is 5.78 Å². The Bertz CT molecular complexity index is 651. The Morgan fingerprint density at radius 1 is 1.05 bits per heavy atom. The third kappa shape index (κ3) is 1.97. The first-order valence-corrected chi connectivity index (χ1v) is 5.81. The summed E-state index contributed by atoms with van der Waals surface area (Å²) >= 11 is 0. The first kappa shape index (κ1) is 11.5. The number of esters is 1. The van der Waals surface area contributed by atoms with Crippen molar-refractivity contribution in [3.63, 3.8) is 0 Å². The van der Waals surface area contributed by atoms with Gasteiger partial charge in [-0.1, -0.05) is 30.3 Å². The summed E-state index contributed by atoms with van der Waals surface area (Å²) in [6, 6.07) is 12.4. The van der Waals surface area contributed by atoms with Crippen LogP contribution in [0.15, 0.2) is 58.7 Å². The van der Waals surface area contributed by atoms with Gasteiger partial charge in [-0.15, -0.1) is 0 Å². The molecule has 0 atom stereocenters. The summed E-state index contributed by atoms with van der Waals surface area (Å²) in [5.41, 5.74) is 1.47. The topological polar surface area (TPSA) is 56.5 Å². The average molecular weight is 254 g/mol. The number of cyclic esters (lactones) is 1. The van der Waals surface area contributed by atoms with Crippen LogP contribution >= 0.6 is 0 Å². The Labute approximate surface area is 109 Å². The zero-order valence-corrected chi connectivity index (χ0v) is 9.96. The minimum atomic E-state index is -0.597. The van der Waals surface area contributed by atoms with Crippen LogP contribution in [0.4, 0.5) is 0 Å². The van der Waals surface area contributed by atoms with Gasteiger partial charge in [0.05, 0.1) is 6.26 Å². The van der Waals surface area contributed by atoms with Gasteiger partial charge in [0.15, 0.2) is 5.76 Å². The molecule has 4 nitrogen and oxygen atoms in total. The molecule has 0 saturated heterocycles. The molecule has 1 aliphatic rings. The number of ether oxygens (including phenoxy) is 1. The quantitative estimate of drug-likeness (QED) is 0.479. The smallest absolute Gasteiger partial charge is 0.343 e. The molecule has 0 spiro atoms. The first-order chi connectivity index (χ1) is 9.27. The number of hydrogen-bond acceptors (Lipinski definition) is 4. The van der Waals surface area contributed by atoms with Crippen molar-refractivity contribution >= 4 is 17.3 Å². The first-order valence-electron chi connectivity index (χ1n) is 5.81. The Kier molecular flexibility index (Phi) is 2.76. The van der Waals surface area contributed by atoms with E-state index in [0.29, 0.717) is 5.57 Å². The fourth-order valence-electron chi connectivity index (χ4n) is 2.03. The lowest BCUT2D eigenvalue weighted by molar-refractivity contribution is -0.135. The molecule has 94 valence electrons. The minimum absolute atomic E-state index is 0.0566. The predicted molar refractivity (Wildman–Crippen MR) is 67.4 cm³/mol. The van der Waals surface area contributed by atoms with E-state index in [0.717, 1.165) is 5.56 Å². The lowest BCUT2D eigenvalue weighted by Crippen LogP contribution is -2.10. The fourth-order valence-corrected chi connectivity index (χ4v) is 2.03. The molecule has 0 aliphatic carbocycles. The van der Waals surface area contributed by atoms with Crippen molar-refractivity contribution in [1.82, 2.24) is 0 Å². The van der Waals surface area contributed by atoms with Gasteiger partial charge in [-0.05, 0) is 17.7 Å². The summed E-state index contributed by atoms with van der Waals surface area (Å²) in [6.45, 7) is 0.116. The molecule has 0 unspecified atom stereocenters. The van der Waals surface area contributed by atoms with Crippen LogP contribution in [0.1, 0.15) is 16.1 Å². The maximum Gasteiger partial charge on any atom is 0.343 e. The van der Waals surface area contributed by atoms with Crippen molar-refractivity contribution < 1.29 is 18.7 Å². The van der Waals surface area contributed by atoms with Gasteiger partial charge >= 0.3 is 5.97 Å². The number of carbonyl (C=O) groups is 2. The highest BCUT2D eigenvalue weighted by atomic mass is 16.5. The van der Waals surface area contributed by atoms with Crippen LogP contribution in [0, 0.1) is 0 Å². The molecule has 0 N–H and O–H groups in total. The van der Waals surface area contributed by atoms with E-state index < -0.39 is 11.8 Å². The number of furan rings is 1. The van der Waals surface area contributed by atoms with Gasteiger partial charge in [0.25, 0.3) is 0 Å². The maximum absolute atomic E-state index is 12.2. The average Bonchev–Trinajstić information content (AvgIpc) is 3.08. The second-order valence-corrected chi connectivity index (χ2v) is 4.10. The van der Waals surface area contributed by atoms with Crippen LogP contribution in [0.3, 0.4) is 0 Å². The van der Waals surface area contributed by atoms with Crippen LogP contribution in [0.25, 0.3) is 5.57 Å². The summed E-state index contributed by atoms with van der Waals surface area (Å²) in [4.78, 5) is 24.0. The number of Topliss-reactive ketones (excluding diaryl/α,β-unsaturated/α-hetero) is 1. The van der Waals surface area contributed by atoms with Crippen LogP contribution in [0.5, 0.6) is 0 Å². The molecule has 0 saturated carbocycles. The molecule has 19 heavy (non-hydrogen) atoms. The van der Waals surface area contributed by atoms with E-state index in [2.05, 4.69) is 0 Å². The van der Waals surface area contributed by atoms with E-state index in [9.17, 15) is 9.59 Å². The largest absolute Gasteiger partial charge is 0.461 e. The van der Waals surface area contributed by atoms with Crippen LogP contribution in [0.2, 0.25) is 0 Å². The zero-order chi connectivity index (χ0) is 13.2. The van der Waals surface area contributed by atoms with E-state index in [-0.39, 0.29) is 17.9 Å². The van der Waals surface area contributed by atoms with Crippen LogP contribution in [-0.4, -0.2) is 18.4 Å². The van der Waals surface area contributed by atoms with Crippen molar-refractivity contribution in [3.8, 4) is 0 Å². The fraction of sp³-hybridized carbons (Fsp3) is 0.0667. The number of rotatable bonds is 3. The Hall–Kier alpha value is -2.62. The third-order valence-corrected chi connectivity index (χ3v) is 2.95. The van der Waals surface area contributed by atoms with Gasteiger partial charge in [0.1, 0.15) is 12.2 Å². The summed E-state index contributed by atoms with van der Waals surface area (Å²) in [7, 11) is 0. The number of ketones is 1. The Morgan fingerprint density at radius 2 is 1.84 bits per heavy atom. The van der Waals surface area contributed by atoms with E-state index in [4.69, 9.17) is 9.15 Å². The second kappa shape index (κ2) is 4.57. The zero-order valence-electron chi connectivity index (χ0n) is 9.96. The molecular weight excluding hydrogens is 244 g/mol. The SMILES string of the molecule is O=C1OCC(c2ccccc2)=C1C(=O)c1ccco1. The Morgan fingerprint density at radius 3 is 2.53 bits per heavy atom.